The number of nitrogens with one attached hydrogen (secondary N) is 1. The third kappa shape index (κ3) is 7.23. The van der Waals surface area contributed by atoms with Gasteiger partial charge in [-0.2, -0.15) is 0 Å². The number of hydrogen-bond donors (Lipinski definition) is 1. The number of amides is 1. The molecule has 4 nitrogen and oxygen atoms in total. The van der Waals surface area contributed by atoms with Crippen molar-refractivity contribution in [1.29, 1.82) is 0 Å². The first kappa shape index (κ1) is 25.5. The number of thioether (sulfide) groups is 1. The van der Waals surface area contributed by atoms with Gasteiger partial charge >= 0.3 is 0 Å². The van der Waals surface area contributed by atoms with Crippen molar-refractivity contribution in [1.82, 2.24) is 0 Å². The SMILES string of the molecule is CC(=O)c1cccc(OCc2ccc(NC(=O)Cc3ccccc3Cl)cc2SCc2ccccc2)c1. The largest absolute Gasteiger partial charge is 0.489 e. The number of carbonyl (C=O) groups excluding carboxylic acids is 2. The third-order valence-corrected chi connectivity index (χ3v) is 7.07. The number of Topliss-reactive ketones (excluding diaryl/α,β-unsaturated/α-hetero) is 1. The van der Waals surface area contributed by atoms with Crippen molar-refractivity contribution in [3.63, 3.8) is 0 Å². The Bertz CT molecular complexity index is 1360. The number of halogens is 1. The van der Waals surface area contributed by atoms with Crippen LogP contribution >= 0.6 is 23.4 Å². The first-order chi connectivity index (χ1) is 17.5. The standard InChI is InChI=1S/C30H26ClNO3S/c1-21(33)23-11-7-12-27(16-23)35-19-25-14-15-26(18-29(25)36-20-22-8-3-2-4-9-22)32-30(34)17-24-10-5-6-13-28(24)31/h2-16,18H,17,19-20H2,1H3,(H,32,34). The molecule has 1 N–H and O–H groups in total. The van der Waals surface area contributed by atoms with Crippen molar-refractivity contribution in [2.75, 3.05) is 5.32 Å². The molecule has 6 heteroatoms. The second-order valence-corrected chi connectivity index (χ2v) is 9.71. The van der Waals surface area contributed by atoms with E-state index in [1.54, 1.807) is 30.0 Å². The molecular formula is C30H26ClNO3S. The summed E-state index contributed by atoms with van der Waals surface area (Å²) in [4.78, 5) is 25.4. The van der Waals surface area contributed by atoms with Crippen molar-refractivity contribution in [2.24, 2.45) is 0 Å². The smallest absolute Gasteiger partial charge is 0.228 e. The number of ketones is 1. The molecule has 182 valence electrons. The van der Waals surface area contributed by atoms with Crippen molar-refractivity contribution in [2.45, 2.75) is 30.6 Å². The van der Waals surface area contributed by atoms with Gasteiger partial charge in [0.1, 0.15) is 12.4 Å². The maximum atomic E-state index is 12.7. The average molecular weight is 516 g/mol. The van der Waals surface area contributed by atoms with E-state index in [-0.39, 0.29) is 18.1 Å². The molecule has 4 rings (SSSR count). The Hall–Kier alpha value is -3.54. The van der Waals surface area contributed by atoms with E-state index < -0.39 is 0 Å². The number of carbonyl (C=O) groups is 2. The lowest BCUT2D eigenvalue weighted by molar-refractivity contribution is -0.115. The summed E-state index contributed by atoms with van der Waals surface area (Å²) in [6.07, 6.45) is 0.198. The average Bonchev–Trinajstić information content (AvgIpc) is 2.89. The summed E-state index contributed by atoms with van der Waals surface area (Å²) in [5, 5.41) is 3.56. The maximum absolute atomic E-state index is 12.7. The zero-order valence-electron chi connectivity index (χ0n) is 19.9. The summed E-state index contributed by atoms with van der Waals surface area (Å²) in [5.74, 6) is 1.28. The van der Waals surface area contributed by atoms with E-state index in [1.165, 1.54) is 12.5 Å². The summed E-state index contributed by atoms with van der Waals surface area (Å²) in [5.41, 5.74) is 4.31. The van der Waals surface area contributed by atoms with E-state index in [4.69, 9.17) is 16.3 Å². The van der Waals surface area contributed by atoms with E-state index >= 15 is 0 Å². The van der Waals surface area contributed by atoms with Crippen LogP contribution in [0.4, 0.5) is 5.69 Å². The lowest BCUT2D eigenvalue weighted by Gasteiger charge is -2.14. The number of anilines is 1. The normalized spacial score (nSPS) is 10.6. The molecule has 4 aromatic carbocycles. The molecule has 0 spiro atoms. The Labute approximate surface area is 220 Å². The minimum absolute atomic E-state index is 0.00330. The quantitative estimate of drug-likeness (QED) is 0.174. The number of ether oxygens (including phenoxy) is 1. The van der Waals surface area contributed by atoms with Gasteiger partial charge in [0.25, 0.3) is 0 Å². The lowest BCUT2D eigenvalue weighted by atomic mass is 10.1. The van der Waals surface area contributed by atoms with Gasteiger partial charge in [-0.1, -0.05) is 78.3 Å². The van der Waals surface area contributed by atoms with Crippen molar-refractivity contribution >= 4 is 40.7 Å². The predicted octanol–water partition coefficient (Wildman–Crippen LogP) is 7.60. The van der Waals surface area contributed by atoms with Gasteiger partial charge in [-0.3, -0.25) is 9.59 Å². The van der Waals surface area contributed by atoms with Crippen LogP contribution in [0, 0.1) is 0 Å². The van der Waals surface area contributed by atoms with E-state index in [0.717, 1.165) is 21.8 Å². The van der Waals surface area contributed by atoms with E-state index in [1.807, 2.05) is 66.7 Å². The van der Waals surface area contributed by atoms with Gasteiger partial charge in [0, 0.05) is 32.5 Å². The fourth-order valence-corrected chi connectivity index (χ4v) is 4.85. The molecule has 0 unspecified atom stereocenters. The summed E-state index contributed by atoms with van der Waals surface area (Å²) >= 11 is 7.90. The molecule has 0 bridgehead atoms. The Kier molecular flexibility index (Phi) is 8.82. The summed E-state index contributed by atoms with van der Waals surface area (Å²) in [7, 11) is 0. The summed E-state index contributed by atoms with van der Waals surface area (Å²) < 4.78 is 6.02. The zero-order valence-corrected chi connectivity index (χ0v) is 21.4. The fraction of sp³-hybridized carbons (Fsp3) is 0.133. The first-order valence-corrected chi connectivity index (χ1v) is 12.9. The van der Waals surface area contributed by atoms with Crippen LogP contribution in [0.15, 0.2) is 102 Å². The van der Waals surface area contributed by atoms with Gasteiger partial charge in [-0.15, -0.1) is 11.8 Å². The number of benzene rings is 4. The molecule has 0 saturated heterocycles. The van der Waals surface area contributed by atoms with Crippen molar-refractivity contribution < 1.29 is 14.3 Å². The number of rotatable bonds is 10. The van der Waals surface area contributed by atoms with Gasteiger partial charge in [0.15, 0.2) is 5.78 Å². The van der Waals surface area contributed by atoms with E-state index in [9.17, 15) is 9.59 Å². The second-order valence-electron chi connectivity index (χ2n) is 8.29. The first-order valence-electron chi connectivity index (χ1n) is 11.5. The molecule has 0 aromatic heterocycles. The molecule has 0 aliphatic heterocycles. The lowest BCUT2D eigenvalue weighted by Crippen LogP contribution is -2.14. The Morgan fingerprint density at radius 1 is 0.861 bits per heavy atom. The van der Waals surface area contributed by atoms with E-state index in [0.29, 0.717) is 28.6 Å². The molecule has 0 fully saturated rings. The van der Waals surface area contributed by atoms with Crippen LogP contribution in [-0.2, 0) is 23.6 Å². The maximum Gasteiger partial charge on any atom is 0.228 e. The van der Waals surface area contributed by atoms with Crippen LogP contribution in [0.3, 0.4) is 0 Å². The topological polar surface area (TPSA) is 55.4 Å². The van der Waals surface area contributed by atoms with Crippen LogP contribution in [0.25, 0.3) is 0 Å². The molecule has 0 aliphatic rings. The zero-order chi connectivity index (χ0) is 25.3. The van der Waals surface area contributed by atoms with Gasteiger partial charge in [0.2, 0.25) is 5.91 Å². The molecule has 4 aromatic rings. The predicted molar refractivity (Wildman–Crippen MR) is 147 cm³/mol. The molecule has 36 heavy (non-hydrogen) atoms. The molecule has 0 radical (unpaired) electrons. The minimum Gasteiger partial charge on any atom is -0.489 e. The van der Waals surface area contributed by atoms with Crippen LogP contribution in [-0.4, -0.2) is 11.7 Å². The van der Waals surface area contributed by atoms with Gasteiger partial charge in [-0.05, 0) is 48.4 Å². The van der Waals surface area contributed by atoms with Gasteiger partial charge in [-0.25, -0.2) is 0 Å². The third-order valence-electron chi connectivity index (χ3n) is 5.53. The highest BCUT2D eigenvalue weighted by atomic mass is 35.5. The van der Waals surface area contributed by atoms with Crippen molar-refractivity contribution in [3.05, 3.63) is 124 Å². The minimum atomic E-state index is -0.132. The van der Waals surface area contributed by atoms with Crippen LogP contribution < -0.4 is 10.1 Å². The van der Waals surface area contributed by atoms with Gasteiger partial charge < -0.3 is 10.1 Å². The Morgan fingerprint density at radius 2 is 1.64 bits per heavy atom. The van der Waals surface area contributed by atoms with Gasteiger partial charge in [0.05, 0.1) is 6.42 Å². The van der Waals surface area contributed by atoms with Crippen LogP contribution in [0.5, 0.6) is 5.75 Å². The summed E-state index contributed by atoms with van der Waals surface area (Å²) in [6.45, 7) is 1.88. The molecular weight excluding hydrogens is 490 g/mol. The Morgan fingerprint density at radius 3 is 2.42 bits per heavy atom. The molecule has 0 aliphatic carbocycles. The summed E-state index contributed by atoms with van der Waals surface area (Å²) in [6, 6.07) is 30.6. The second kappa shape index (κ2) is 12.4. The van der Waals surface area contributed by atoms with Crippen LogP contribution in [0.1, 0.15) is 34.0 Å². The van der Waals surface area contributed by atoms with E-state index in [2.05, 4.69) is 17.4 Å². The number of hydrogen-bond acceptors (Lipinski definition) is 4. The highest BCUT2D eigenvalue weighted by molar-refractivity contribution is 7.98. The highest BCUT2D eigenvalue weighted by Gasteiger charge is 2.11. The monoisotopic (exact) mass is 515 g/mol. The Balaban J connectivity index is 1.50. The molecule has 1 amide bonds. The highest BCUT2D eigenvalue weighted by Crippen LogP contribution is 2.30. The fourth-order valence-electron chi connectivity index (χ4n) is 3.61. The van der Waals surface area contributed by atoms with Crippen molar-refractivity contribution in [3.8, 4) is 5.75 Å². The molecule has 0 heterocycles. The molecule has 0 saturated carbocycles. The van der Waals surface area contributed by atoms with Crippen LogP contribution in [0.2, 0.25) is 5.02 Å². The molecule has 0 atom stereocenters.